The standard InChI is InChI=1S/C10H14O3/c1-6(2)9(11)13-10(4-7(10)3)8-5-12-8/h7-8H,1,4-5H2,2-3H3. The van der Waals surface area contributed by atoms with Gasteiger partial charge in [-0.1, -0.05) is 13.5 Å². The van der Waals surface area contributed by atoms with Crippen LogP contribution in [-0.4, -0.2) is 24.3 Å². The van der Waals surface area contributed by atoms with E-state index in [1.807, 2.05) is 0 Å². The molecule has 2 aliphatic rings. The van der Waals surface area contributed by atoms with E-state index in [1.165, 1.54) is 0 Å². The van der Waals surface area contributed by atoms with Crippen molar-refractivity contribution in [3.05, 3.63) is 12.2 Å². The van der Waals surface area contributed by atoms with Gasteiger partial charge in [0.25, 0.3) is 0 Å². The van der Waals surface area contributed by atoms with Gasteiger partial charge in [-0.25, -0.2) is 4.79 Å². The van der Waals surface area contributed by atoms with E-state index in [4.69, 9.17) is 9.47 Å². The Labute approximate surface area is 77.7 Å². The number of carbonyl (C=O) groups excluding carboxylic acids is 1. The summed E-state index contributed by atoms with van der Waals surface area (Å²) in [5.74, 6) is 0.142. The van der Waals surface area contributed by atoms with Crippen molar-refractivity contribution in [2.24, 2.45) is 5.92 Å². The predicted octanol–water partition coefficient (Wildman–Crippen LogP) is 1.28. The van der Waals surface area contributed by atoms with E-state index in [0.29, 0.717) is 11.5 Å². The fourth-order valence-corrected chi connectivity index (χ4v) is 1.67. The van der Waals surface area contributed by atoms with Gasteiger partial charge in [-0.05, 0) is 13.3 Å². The van der Waals surface area contributed by atoms with Crippen molar-refractivity contribution < 1.29 is 14.3 Å². The minimum atomic E-state index is -0.309. The molecule has 3 heteroatoms. The SMILES string of the molecule is C=C(C)C(=O)OC1(C2CO2)CC1C. The third-order valence-corrected chi connectivity index (χ3v) is 2.81. The van der Waals surface area contributed by atoms with Gasteiger partial charge < -0.3 is 9.47 Å². The molecular formula is C10H14O3. The van der Waals surface area contributed by atoms with Gasteiger partial charge in [-0.15, -0.1) is 0 Å². The predicted molar refractivity (Wildman–Crippen MR) is 47.2 cm³/mol. The van der Waals surface area contributed by atoms with Crippen LogP contribution in [0.5, 0.6) is 0 Å². The van der Waals surface area contributed by atoms with Crippen molar-refractivity contribution in [2.45, 2.75) is 32.0 Å². The van der Waals surface area contributed by atoms with Gasteiger partial charge in [0.2, 0.25) is 0 Å². The van der Waals surface area contributed by atoms with Crippen LogP contribution in [-0.2, 0) is 14.3 Å². The Morgan fingerprint density at radius 2 is 2.23 bits per heavy atom. The highest BCUT2D eigenvalue weighted by molar-refractivity contribution is 5.87. The van der Waals surface area contributed by atoms with Crippen molar-refractivity contribution in [3.8, 4) is 0 Å². The Morgan fingerprint density at radius 3 is 2.54 bits per heavy atom. The van der Waals surface area contributed by atoms with Crippen LogP contribution in [0.2, 0.25) is 0 Å². The number of ether oxygens (including phenoxy) is 2. The molecule has 72 valence electrons. The molecular weight excluding hydrogens is 168 g/mol. The zero-order valence-corrected chi connectivity index (χ0v) is 8.00. The second-order valence-corrected chi connectivity index (χ2v) is 4.05. The van der Waals surface area contributed by atoms with E-state index in [-0.39, 0.29) is 17.7 Å². The molecule has 1 aliphatic heterocycles. The number of carbonyl (C=O) groups is 1. The number of rotatable bonds is 3. The van der Waals surface area contributed by atoms with Gasteiger partial charge >= 0.3 is 5.97 Å². The minimum Gasteiger partial charge on any atom is -0.453 e. The van der Waals surface area contributed by atoms with Crippen LogP contribution in [0, 0.1) is 5.92 Å². The highest BCUT2D eigenvalue weighted by Gasteiger charge is 2.65. The maximum Gasteiger partial charge on any atom is 0.333 e. The van der Waals surface area contributed by atoms with Crippen molar-refractivity contribution in [3.63, 3.8) is 0 Å². The molecule has 0 N–H and O–H groups in total. The van der Waals surface area contributed by atoms with Gasteiger partial charge in [0.05, 0.1) is 6.61 Å². The van der Waals surface area contributed by atoms with E-state index in [2.05, 4.69) is 13.5 Å². The third-order valence-electron chi connectivity index (χ3n) is 2.81. The summed E-state index contributed by atoms with van der Waals surface area (Å²) in [7, 11) is 0. The lowest BCUT2D eigenvalue weighted by atomic mass is 10.2. The Bertz CT molecular complexity index is 267. The molecule has 0 spiro atoms. The van der Waals surface area contributed by atoms with E-state index < -0.39 is 0 Å². The molecule has 1 aliphatic carbocycles. The molecule has 0 radical (unpaired) electrons. The molecule has 1 saturated heterocycles. The largest absolute Gasteiger partial charge is 0.453 e. The van der Waals surface area contributed by atoms with Gasteiger partial charge in [-0.3, -0.25) is 0 Å². The first-order valence-electron chi connectivity index (χ1n) is 4.57. The molecule has 2 rings (SSSR count). The van der Waals surface area contributed by atoms with Crippen LogP contribution in [0.15, 0.2) is 12.2 Å². The first-order valence-corrected chi connectivity index (χ1v) is 4.57. The Kier molecular flexibility index (Phi) is 1.74. The van der Waals surface area contributed by atoms with Gasteiger partial charge in [0.15, 0.2) is 0 Å². The summed E-state index contributed by atoms with van der Waals surface area (Å²) in [6, 6.07) is 0. The Morgan fingerprint density at radius 1 is 1.69 bits per heavy atom. The number of epoxide rings is 1. The third kappa shape index (κ3) is 1.37. The lowest BCUT2D eigenvalue weighted by Crippen LogP contribution is -2.28. The highest BCUT2D eigenvalue weighted by atomic mass is 16.6. The molecule has 3 nitrogen and oxygen atoms in total. The lowest BCUT2D eigenvalue weighted by molar-refractivity contribution is -0.148. The molecule has 0 bridgehead atoms. The second-order valence-electron chi connectivity index (χ2n) is 4.05. The molecule has 0 aromatic carbocycles. The zero-order valence-electron chi connectivity index (χ0n) is 8.00. The summed E-state index contributed by atoms with van der Waals surface area (Å²) in [6.07, 6.45) is 1.07. The normalized spacial score (nSPS) is 41.1. The van der Waals surface area contributed by atoms with E-state index >= 15 is 0 Å². The fourth-order valence-electron chi connectivity index (χ4n) is 1.67. The fraction of sp³-hybridized carbons (Fsp3) is 0.700. The molecule has 3 atom stereocenters. The monoisotopic (exact) mass is 182 g/mol. The van der Waals surface area contributed by atoms with Crippen LogP contribution in [0.3, 0.4) is 0 Å². The summed E-state index contributed by atoms with van der Waals surface area (Å²) >= 11 is 0. The summed E-state index contributed by atoms with van der Waals surface area (Å²) < 4.78 is 10.6. The topological polar surface area (TPSA) is 38.8 Å². The zero-order chi connectivity index (χ0) is 9.64. The summed E-state index contributed by atoms with van der Waals surface area (Å²) in [5, 5.41) is 0. The van der Waals surface area contributed by atoms with Crippen molar-refractivity contribution >= 4 is 5.97 Å². The van der Waals surface area contributed by atoms with Crippen LogP contribution >= 0.6 is 0 Å². The van der Waals surface area contributed by atoms with Crippen molar-refractivity contribution in [2.75, 3.05) is 6.61 Å². The maximum absolute atomic E-state index is 11.3. The van der Waals surface area contributed by atoms with Crippen LogP contribution in [0.25, 0.3) is 0 Å². The summed E-state index contributed by atoms with van der Waals surface area (Å²) in [6.45, 7) is 8.03. The smallest absolute Gasteiger partial charge is 0.333 e. The van der Waals surface area contributed by atoms with Gasteiger partial charge in [-0.2, -0.15) is 0 Å². The number of hydrogen-bond donors (Lipinski definition) is 0. The maximum atomic E-state index is 11.3. The van der Waals surface area contributed by atoms with Gasteiger partial charge in [0, 0.05) is 11.5 Å². The van der Waals surface area contributed by atoms with Crippen LogP contribution in [0.4, 0.5) is 0 Å². The highest BCUT2D eigenvalue weighted by Crippen LogP contribution is 2.53. The van der Waals surface area contributed by atoms with Crippen LogP contribution in [0.1, 0.15) is 20.3 Å². The second kappa shape index (κ2) is 2.58. The van der Waals surface area contributed by atoms with E-state index in [0.717, 1.165) is 13.0 Å². The Hall–Kier alpha value is -0.830. The quantitative estimate of drug-likeness (QED) is 0.375. The molecule has 0 aromatic heterocycles. The minimum absolute atomic E-state index is 0.144. The number of hydrogen-bond acceptors (Lipinski definition) is 3. The lowest BCUT2D eigenvalue weighted by Gasteiger charge is -2.15. The number of esters is 1. The first-order chi connectivity index (χ1) is 6.06. The van der Waals surface area contributed by atoms with Crippen molar-refractivity contribution in [1.82, 2.24) is 0 Å². The first kappa shape index (κ1) is 8.75. The van der Waals surface area contributed by atoms with Crippen molar-refractivity contribution in [1.29, 1.82) is 0 Å². The molecule has 3 unspecified atom stereocenters. The van der Waals surface area contributed by atoms with E-state index in [1.54, 1.807) is 6.92 Å². The van der Waals surface area contributed by atoms with Gasteiger partial charge in [0.1, 0.15) is 11.7 Å². The molecule has 0 aromatic rings. The molecule has 13 heavy (non-hydrogen) atoms. The molecule has 2 fully saturated rings. The molecule has 0 amide bonds. The molecule has 1 saturated carbocycles. The van der Waals surface area contributed by atoms with E-state index in [9.17, 15) is 4.79 Å². The average Bonchev–Trinajstić information content (AvgIpc) is 2.86. The molecule has 1 heterocycles. The summed E-state index contributed by atoms with van der Waals surface area (Å²) in [5.41, 5.74) is 0.148. The van der Waals surface area contributed by atoms with Crippen LogP contribution < -0.4 is 0 Å². The summed E-state index contributed by atoms with van der Waals surface area (Å²) in [4.78, 5) is 11.3. The average molecular weight is 182 g/mol. The Balaban J connectivity index is 1.99.